The maximum Gasteiger partial charge on any atom is 0.225 e. The standard InChI is InChI=1S/C16H16Cl2N4O3/c1-24-12-5-7-21(23)11(9-12)10-25-22-8-6-19-16(22)20-15-13(17)3-2-4-14(15)18/h2-5,7,9H,6,8,10H2,1H3,(H,19,20). The number of aliphatic imine (C=N–C) groups is 1. The molecular weight excluding hydrogens is 367 g/mol. The van der Waals surface area contributed by atoms with Crippen LogP contribution in [0.1, 0.15) is 5.69 Å². The van der Waals surface area contributed by atoms with Gasteiger partial charge in [0.25, 0.3) is 0 Å². The lowest BCUT2D eigenvalue weighted by atomic mass is 10.3. The highest BCUT2D eigenvalue weighted by molar-refractivity contribution is 6.38. The van der Waals surface area contributed by atoms with E-state index in [-0.39, 0.29) is 6.61 Å². The number of benzene rings is 1. The van der Waals surface area contributed by atoms with Gasteiger partial charge in [-0.2, -0.15) is 4.73 Å². The Balaban J connectivity index is 1.75. The van der Waals surface area contributed by atoms with Crippen LogP contribution < -0.4 is 14.8 Å². The van der Waals surface area contributed by atoms with Gasteiger partial charge in [-0.1, -0.05) is 29.3 Å². The van der Waals surface area contributed by atoms with E-state index in [0.717, 1.165) is 4.73 Å². The number of nitrogens with zero attached hydrogens (tertiary/aromatic N) is 3. The van der Waals surface area contributed by atoms with E-state index in [1.165, 1.54) is 13.3 Å². The number of rotatable bonds is 5. The molecule has 2 heterocycles. The van der Waals surface area contributed by atoms with Crippen molar-refractivity contribution in [2.75, 3.05) is 20.2 Å². The maximum atomic E-state index is 11.8. The molecule has 2 aromatic rings. The average Bonchev–Trinajstić information content (AvgIpc) is 3.05. The molecule has 1 saturated heterocycles. The van der Waals surface area contributed by atoms with Gasteiger partial charge in [-0.05, 0) is 12.1 Å². The number of guanidine groups is 1. The van der Waals surface area contributed by atoms with Crippen molar-refractivity contribution in [1.29, 1.82) is 0 Å². The summed E-state index contributed by atoms with van der Waals surface area (Å²) in [5.74, 6) is 1.07. The molecule has 0 radical (unpaired) electrons. The fourth-order valence-corrected chi connectivity index (χ4v) is 2.76. The third kappa shape index (κ3) is 4.07. The number of aromatic nitrogens is 1. The Morgan fingerprint density at radius 1 is 1.32 bits per heavy atom. The van der Waals surface area contributed by atoms with Gasteiger partial charge in [0.05, 0.1) is 29.8 Å². The van der Waals surface area contributed by atoms with Gasteiger partial charge in [-0.25, -0.2) is 10.1 Å². The molecule has 0 atom stereocenters. The minimum atomic E-state index is 0.0671. The fraction of sp³-hybridized carbons (Fsp3) is 0.250. The third-order valence-corrected chi connectivity index (χ3v) is 4.17. The summed E-state index contributed by atoms with van der Waals surface area (Å²) < 4.78 is 5.85. The van der Waals surface area contributed by atoms with Gasteiger partial charge in [-0.3, -0.25) is 4.84 Å². The predicted molar refractivity (Wildman–Crippen MR) is 95.0 cm³/mol. The predicted octanol–water partition coefficient (Wildman–Crippen LogP) is 2.66. The Hall–Kier alpha value is -2.22. The molecule has 0 unspecified atom stereocenters. The Morgan fingerprint density at radius 3 is 2.80 bits per heavy atom. The van der Waals surface area contributed by atoms with Crippen molar-refractivity contribution in [2.45, 2.75) is 6.61 Å². The van der Waals surface area contributed by atoms with Crippen molar-refractivity contribution in [3.8, 4) is 5.75 Å². The second-order valence-electron chi connectivity index (χ2n) is 5.19. The molecule has 1 aromatic heterocycles. The molecule has 0 amide bonds. The molecule has 7 nitrogen and oxygen atoms in total. The van der Waals surface area contributed by atoms with E-state index in [2.05, 4.69) is 10.3 Å². The first-order valence-corrected chi connectivity index (χ1v) is 8.27. The molecule has 1 fully saturated rings. The first-order chi connectivity index (χ1) is 12.1. The lowest BCUT2D eigenvalue weighted by molar-refractivity contribution is -0.617. The van der Waals surface area contributed by atoms with Gasteiger partial charge in [0, 0.05) is 12.6 Å². The highest BCUT2D eigenvalue weighted by Gasteiger charge is 2.21. The highest BCUT2D eigenvalue weighted by Crippen LogP contribution is 2.33. The quantitative estimate of drug-likeness (QED) is 0.635. The second kappa shape index (κ2) is 7.77. The number of halogens is 2. The molecule has 0 saturated carbocycles. The summed E-state index contributed by atoms with van der Waals surface area (Å²) in [5, 5.41) is 17.4. The molecular formula is C16H16Cl2N4O3. The fourth-order valence-electron chi connectivity index (χ4n) is 2.28. The number of hydrogen-bond donors (Lipinski definition) is 1. The van der Waals surface area contributed by atoms with Crippen molar-refractivity contribution in [1.82, 2.24) is 10.4 Å². The smallest absolute Gasteiger partial charge is 0.225 e. The summed E-state index contributed by atoms with van der Waals surface area (Å²) in [6.07, 6.45) is 1.37. The normalized spacial score (nSPS) is 15.5. The van der Waals surface area contributed by atoms with Gasteiger partial charge in [-0.15, -0.1) is 0 Å². The Labute approximate surface area is 154 Å². The molecule has 0 spiro atoms. The summed E-state index contributed by atoms with van der Waals surface area (Å²) in [6, 6.07) is 8.38. The van der Waals surface area contributed by atoms with Crippen LogP contribution in [0.25, 0.3) is 0 Å². The Morgan fingerprint density at radius 2 is 2.08 bits per heavy atom. The Bertz CT molecular complexity index is 781. The first-order valence-electron chi connectivity index (χ1n) is 7.51. The number of hydrogen-bond acceptors (Lipinski definition) is 4. The van der Waals surface area contributed by atoms with Gasteiger partial charge in [0.1, 0.15) is 11.4 Å². The number of pyridine rings is 1. The largest absolute Gasteiger partial charge is 0.618 e. The molecule has 0 bridgehead atoms. The maximum absolute atomic E-state index is 11.8. The zero-order valence-corrected chi connectivity index (χ0v) is 14.9. The highest BCUT2D eigenvalue weighted by atomic mass is 35.5. The van der Waals surface area contributed by atoms with E-state index >= 15 is 0 Å². The van der Waals surface area contributed by atoms with Gasteiger partial charge < -0.3 is 15.3 Å². The van der Waals surface area contributed by atoms with Crippen LogP contribution in [0.15, 0.2) is 41.5 Å². The van der Waals surface area contributed by atoms with E-state index in [0.29, 0.717) is 46.2 Å². The number of para-hydroxylation sites is 1. The summed E-state index contributed by atoms with van der Waals surface area (Å²) in [4.78, 5) is 10.2. The van der Waals surface area contributed by atoms with Crippen molar-refractivity contribution in [2.24, 2.45) is 4.99 Å². The molecule has 132 valence electrons. The molecule has 25 heavy (non-hydrogen) atoms. The van der Waals surface area contributed by atoms with Crippen LogP contribution in [-0.4, -0.2) is 31.2 Å². The third-order valence-electron chi connectivity index (χ3n) is 3.56. The van der Waals surface area contributed by atoms with Crippen molar-refractivity contribution >= 4 is 34.8 Å². The molecule has 1 aliphatic heterocycles. The molecule has 1 aliphatic rings. The van der Waals surface area contributed by atoms with Crippen LogP contribution in [0.4, 0.5) is 5.69 Å². The molecule has 1 aromatic carbocycles. The van der Waals surface area contributed by atoms with E-state index in [1.54, 1.807) is 35.4 Å². The van der Waals surface area contributed by atoms with Crippen LogP contribution in [0.2, 0.25) is 10.0 Å². The van der Waals surface area contributed by atoms with E-state index in [1.807, 2.05) is 0 Å². The molecule has 9 heteroatoms. The summed E-state index contributed by atoms with van der Waals surface area (Å²) in [6.45, 7) is 1.29. The number of ether oxygens (including phenoxy) is 1. The van der Waals surface area contributed by atoms with Crippen LogP contribution >= 0.6 is 23.2 Å². The van der Waals surface area contributed by atoms with Crippen LogP contribution in [0, 0.1) is 5.21 Å². The van der Waals surface area contributed by atoms with Crippen LogP contribution in [-0.2, 0) is 11.4 Å². The van der Waals surface area contributed by atoms with Gasteiger partial charge in [0.2, 0.25) is 11.7 Å². The summed E-state index contributed by atoms with van der Waals surface area (Å²) in [7, 11) is 1.54. The lowest BCUT2D eigenvalue weighted by Crippen LogP contribution is -2.35. The Kier molecular flexibility index (Phi) is 5.47. The van der Waals surface area contributed by atoms with Gasteiger partial charge in [0.15, 0.2) is 12.8 Å². The minimum absolute atomic E-state index is 0.0671. The number of methoxy groups -OCH3 is 1. The topological polar surface area (TPSA) is 73.0 Å². The van der Waals surface area contributed by atoms with Crippen molar-refractivity contribution in [3.05, 3.63) is 57.5 Å². The molecule has 1 N–H and O–H groups in total. The monoisotopic (exact) mass is 382 g/mol. The minimum Gasteiger partial charge on any atom is -0.618 e. The van der Waals surface area contributed by atoms with Crippen LogP contribution in [0.3, 0.4) is 0 Å². The molecule has 3 rings (SSSR count). The molecule has 0 aliphatic carbocycles. The van der Waals surface area contributed by atoms with E-state index in [9.17, 15) is 5.21 Å². The van der Waals surface area contributed by atoms with Crippen LogP contribution in [0.5, 0.6) is 5.75 Å². The van der Waals surface area contributed by atoms with Gasteiger partial charge >= 0.3 is 0 Å². The average molecular weight is 383 g/mol. The van der Waals surface area contributed by atoms with Crippen molar-refractivity contribution < 1.29 is 14.3 Å². The zero-order chi connectivity index (χ0) is 17.8. The second-order valence-corrected chi connectivity index (χ2v) is 6.01. The van der Waals surface area contributed by atoms with E-state index < -0.39 is 0 Å². The zero-order valence-electron chi connectivity index (χ0n) is 13.4. The first kappa shape index (κ1) is 17.6. The van der Waals surface area contributed by atoms with E-state index in [4.69, 9.17) is 32.8 Å². The summed E-state index contributed by atoms with van der Waals surface area (Å²) >= 11 is 12.3. The summed E-state index contributed by atoms with van der Waals surface area (Å²) in [5.41, 5.74) is 0.880. The SMILES string of the molecule is COc1cc[n+]([O-])c(CON2CCN/C2=N\c2c(Cl)cccc2Cl)c1. The number of hydroxylamine groups is 2. The number of nitrogens with one attached hydrogen (secondary N) is 1. The van der Waals surface area contributed by atoms with Crippen molar-refractivity contribution in [3.63, 3.8) is 0 Å². The lowest BCUT2D eigenvalue weighted by Gasteiger charge is -2.17.